The molecule has 0 saturated heterocycles. The molecule has 0 aliphatic rings. The molecule has 0 aliphatic carbocycles. The van der Waals surface area contributed by atoms with E-state index < -0.39 is 5.60 Å². The van der Waals surface area contributed by atoms with Gasteiger partial charge in [-0.25, -0.2) is 0 Å². The fourth-order valence-electron chi connectivity index (χ4n) is 1.65. The minimum absolute atomic E-state index is 0.215. The number of aliphatic hydroxyl groups is 1. The van der Waals surface area contributed by atoms with E-state index in [1.54, 1.807) is 7.11 Å². The third kappa shape index (κ3) is 5.48. The molecular formula is C14H22BrNO2. The Morgan fingerprint density at radius 2 is 2.00 bits per heavy atom. The average molecular weight is 316 g/mol. The highest BCUT2D eigenvalue weighted by Crippen LogP contribution is 2.17. The fourth-order valence-corrected chi connectivity index (χ4v) is 1.92. The molecule has 3 nitrogen and oxygen atoms in total. The quantitative estimate of drug-likeness (QED) is 0.813. The Hall–Kier alpha value is -0.420. The monoisotopic (exact) mass is 315 g/mol. The number of rotatable bonds is 7. The normalized spacial score (nSPS) is 16.3. The molecule has 2 unspecified atom stereocenters. The number of methoxy groups -OCH3 is 1. The molecule has 102 valence electrons. The van der Waals surface area contributed by atoms with Crippen molar-refractivity contribution in [2.75, 3.05) is 20.3 Å². The van der Waals surface area contributed by atoms with Gasteiger partial charge in [0.2, 0.25) is 0 Å². The largest absolute Gasteiger partial charge is 0.389 e. The average Bonchev–Trinajstić information content (AvgIpc) is 2.35. The Morgan fingerprint density at radius 1 is 1.39 bits per heavy atom. The van der Waals surface area contributed by atoms with E-state index in [4.69, 9.17) is 4.74 Å². The van der Waals surface area contributed by atoms with Crippen LogP contribution in [0.4, 0.5) is 0 Å². The number of halogens is 1. The molecule has 1 rings (SSSR count). The standard InChI is InChI=1S/C14H22BrNO2/c1-11(12-4-6-13(15)7-5-12)16-10-14(2,17)8-9-18-3/h4-7,11,16-17H,8-10H2,1-3H3. The van der Waals surface area contributed by atoms with Crippen LogP contribution in [0.3, 0.4) is 0 Å². The molecule has 1 aromatic rings. The van der Waals surface area contributed by atoms with Gasteiger partial charge in [-0.2, -0.15) is 0 Å². The van der Waals surface area contributed by atoms with Crippen molar-refractivity contribution in [1.82, 2.24) is 5.32 Å². The molecule has 0 fully saturated rings. The van der Waals surface area contributed by atoms with E-state index in [1.807, 2.05) is 19.1 Å². The first-order valence-electron chi connectivity index (χ1n) is 6.15. The molecule has 0 saturated carbocycles. The number of benzene rings is 1. The highest BCUT2D eigenvalue weighted by molar-refractivity contribution is 9.10. The number of ether oxygens (including phenoxy) is 1. The van der Waals surface area contributed by atoms with Crippen LogP contribution in [0.5, 0.6) is 0 Å². The van der Waals surface area contributed by atoms with E-state index in [-0.39, 0.29) is 6.04 Å². The maximum Gasteiger partial charge on any atom is 0.0765 e. The van der Waals surface area contributed by atoms with E-state index in [0.717, 1.165) is 4.47 Å². The SMILES string of the molecule is COCCC(C)(O)CNC(C)c1ccc(Br)cc1. The van der Waals surface area contributed by atoms with Gasteiger partial charge in [-0.1, -0.05) is 28.1 Å². The molecule has 0 bridgehead atoms. The van der Waals surface area contributed by atoms with Crippen molar-refractivity contribution < 1.29 is 9.84 Å². The van der Waals surface area contributed by atoms with Gasteiger partial charge in [-0.3, -0.25) is 0 Å². The molecule has 0 aliphatic heterocycles. The molecule has 1 aromatic carbocycles. The predicted octanol–water partition coefficient (Wildman–Crippen LogP) is 2.89. The summed E-state index contributed by atoms with van der Waals surface area (Å²) in [5.74, 6) is 0. The van der Waals surface area contributed by atoms with E-state index in [9.17, 15) is 5.11 Å². The number of hydrogen-bond acceptors (Lipinski definition) is 3. The Bertz CT molecular complexity index is 351. The fraction of sp³-hybridized carbons (Fsp3) is 0.571. The van der Waals surface area contributed by atoms with E-state index in [0.29, 0.717) is 19.6 Å². The zero-order valence-corrected chi connectivity index (χ0v) is 12.8. The molecule has 4 heteroatoms. The highest BCUT2D eigenvalue weighted by atomic mass is 79.9. The van der Waals surface area contributed by atoms with Gasteiger partial charge in [0.05, 0.1) is 5.60 Å². The van der Waals surface area contributed by atoms with Crippen LogP contribution in [0.2, 0.25) is 0 Å². The lowest BCUT2D eigenvalue weighted by molar-refractivity contribution is 0.0231. The first-order chi connectivity index (χ1) is 8.44. The van der Waals surface area contributed by atoms with Crippen molar-refractivity contribution in [1.29, 1.82) is 0 Å². The van der Waals surface area contributed by atoms with Gasteiger partial charge in [0, 0.05) is 37.2 Å². The molecule has 0 heterocycles. The van der Waals surface area contributed by atoms with E-state index in [1.165, 1.54) is 5.56 Å². The van der Waals surface area contributed by atoms with Crippen LogP contribution < -0.4 is 5.32 Å². The van der Waals surface area contributed by atoms with Crippen molar-refractivity contribution in [3.63, 3.8) is 0 Å². The van der Waals surface area contributed by atoms with Gasteiger partial charge in [0.15, 0.2) is 0 Å². The molecule has 18 heavy (non-hydrogen) atoms. The second kappa shape index (κ2) is 7.24. The molecule has 2 N–H and O–H groups in total. The van der Waals surface area contributed by atoms with Crippen LogP contribution in [-0.2, 0) is 4.74 Å². The van der Waals surface area contributed by atoms with Gasteiger partial charge in [-0.15, -0.1) is 0 Å². The maximum absolute atomic E-state index is 10.1. The first kappa shape index (κ1) is 15.6. The molecular weight excluding hydrogens is 294 g/mol. The maximum atomic E-state index is 10.1. The zero-order valence-electron chi connectivity index (χ0n) is 11.2. The summed E-state index contributed by atoms with van der Waals surface area (Å²) in [6.07, 6.45) is 0.629. The van der Waals surface area contributed by atoms with E-state index in [2.05, 4.69) is 40.3 Å². The van der Waals surface area contributed by atoms with Gasteiger partial charge in [0.1, 0.15) is 0 Å². The summed E-state index contributed by atoms with van der Waals surface area (Å²) in [5.41, 5.74) is 0.473. The summed E-state index contributed by atoms with van der Waals surface area (Å²) >= 11 is 3.42. The number of hydrogen-bond donors (Lipinski definition) is 2. The number of nitrogens with one attached hydrogen (secondary N) is 1. The van der Waals surface area contributed by atoms with Crippen molar-refractivity contribution in [2.24, 2.45) is 0 Å². The van der Waals surface area contributed by atoms with Crippen LogP contribution in [0.15, 0.2) is 28.7 Å². The van der Waals surface area contributed by atoms with Crippen LogP contribution in [0.1, 0.15) is 31.9 Å². The summed E-state index contributed by atoms with van der Waals surface area (Å²) in [5, 5.41) is 13.5. The Kier molecular flexibility index (Phi) is 6.29. The predicted molar refractivity (Wildman–Crippen MR) is 77.7 cm³/mol. The smallest absolute Gasteiger partial charge is 0.0765 e. The summed E-state index contributed by atoms with van der Waals surface area (Å²) in [6.45, 7) is 5.04. The third-order valence-electron chi connectivity index (χ3n) is 3.00. The molecule has 0 amide bonds. The summed E-state index contributed by atoms with van der Waals surface area (Å²) in [6, 6.07) is 8.41. The Morgan fingerprint density at radius 3 is 2.56 bits per heavy atom. The van der Waals surface area contributed by atoms with Gasteiger partial charge >= 0.3 is 0 Å². The lowest BCUT2D eigenvalue weighted by atomic mass is 10.0. The van der Waals surface area contributed by atoms with Gasteiger partial charge < -0.3 is 15.2 Å². The highest BCUT2D eigenvalue weighted by Gasteiger charge is 2.20. The molecule has 0 radical (unpaired) electrons. The van der Waals surface area contributed by atoms with E-state index >= 15 is 0 Å². The second-order valence-electron chi connectivity index (χ2n) is 4.89. The van der Waals surface area contributed by atoms with Crippen LogP contribution >= 0.6 is 15.9 Å². The summed E-state index contributed by atoms with van der Waals surface area (Å²) in [7, 11) is 1.65. The third-order valence-corrected chi connectivity index (χ3v) is 3.53. The van der Waals surface area contributed by atoms with Gasteiger partial charge in [0.25, 0.3) is 0 Å². The lowest BCUT2D eigenvalue weighted by Gasteiger charge is -2.26. The first-order valence-corrected chi connectivity index (χ1v) is 6.94. The molecule has 2 atom stereocenters. The van der Waals surface area contributed by atoms with Crippen molar-refractivity contribution >= 4 is 15.9 Å². The second-order valence-corrected chi connectivity index (χ2v) is 5.81. The van der Waals surface area contributed by atoms with Crippen LogP contribution in [-0.4, -0.2) is 31.0 Å². The Labute approximate surface area is 118 Å². The molecule has 0 spiro atoms. The summed E-state index contributed by atoms with van der Waals surface area (Å²) in [4.78, 5) is 0. The molecule has 0 aromatic heterocycles. The topological polar surface area (TPSA) is 41.5 Å². The van der Waals surface area contributed by atoms with Crippen LogP contribution in [0, 0.1) is 0 Å². The summed E-state index contributed by atoms with van der Waals surface area (Å²) < 4.78 is 6.06. The van der Waals surface area contributed by atoms with Crippen molar-refractivity contribution in [3.05, 3.63) is 34.3 Å². The van der Waals surface area contributed by atoms with Gasteiger partial charge in [-0.05, 0) is 31.5 Å². The Balaban J connectivity index is 2.45. The van der Waals surface area contributed by atoms with Crippen molar-refractivity contribution in [3.8, 4) is 0 Å². The zero-order chi connectivity index (χ0) is 13.6. The lowest BCUT2D eigenvalue weighted by Crippen LogP contribution is -2.39. The van der Waals surface area contributed by atoms with Crippen molar-refractivity contribution in [2.45, 2.75) is 31.9 Å². The van der Waals surface area contributed by atoms with Crippen LogP contribution in [0.25, 0.3) is 0 Å². The minimum atomic E-state index is -0.736. The minimum Gasteiger partial charge on any atom is -0.389 e.